The summed E-state index contributed by atoms with van der Waals surface area (Å²) < 4.78 is 5.66. The minimum Gasteiger partial charge on any atom is -0.486 e. The maximum Gasteiger partial charge on any atom is 0.319 e. The lowest BCUT2D eigenvalue weighted by molar-refractivity contribution is 0.0955. The highest BCUT2D eigenvalue weighted by molar-refractivity contribution is 6.32. The number of amides is 2. The predicted molar refractivity (Wildman–Crippen MR) is 100 cm³/mol. The first kappa shape index (κ1) is 18.5. The van der Waals surface area contributed by atoms with Crippen LogP contribution in [-0.2, 0) is 6.61 Å². The van der Waals surface area contributed by atoms with Gasteiger partial charge in [-0.2, -0.15) is 0 Å². The van der Waals surface area contributed by atoms with Crippen molar-refractivity contribution < 1.29 is 14.6 Å². The summed E-state index contributed by atoms with van der Waals surface area (Å²) in [5.74, 6) is 0.519. The number of benzene rings is 1. The summed E-state index contributed by atoms with van der Waals surface area (Å²) in [5.41, 5.74) is 1.36. The number of urea groups is 1. The van der Waals surface area contributed by atoms with E-state index in [4.69, 9.17) is 16.3 Å². The second-order valence-corrected chi connectivity index (χ2v) is 6.72. The van der Waals surface area contributed by atoms with E-state index in [0.29, 0.717) is 23.1 Å². The summed E-state index contributed by atoms with van der Waals surface area (Å²) in [6.45, 7) is 0.313. The van der Waals surface area contributed by atoms with E-state index in [0.717, 1.165) is 31.4 Å². The number of hydrogen-bond donors (Lipinski definition) is 3. The van der Waals surface area contributed by atoms with Gasteiger partial charge >= 0.3 is 6.03 Å². The molecule has 2 atom stereocenters. The predicted octanol–water partition coefficient (Wildman–Crippen LogP) is 3.74. The molecule has 7 heteroatoms. The van der Waals surface area contributed by atoms with Gasteiger partial charge in [0.25, 0.3) is 0 Å². The van der Waals surface area contributed by atoms with Crippen molar-refractivity contribution in [3.05, 3.63) is 53.3 Å². The van der Waals surface area contributed by atoms with Crippen molar-refractivity contribution in [2.24, 2.45) is 0 Å². The third kappa shape index (κ3) is 5.09. The maximum absolute atomic E-state index is 12.1. The zero-order chi connectivity index (χ0) is 18.4. The molecular weight excluding hydrogens is 354 g/mol. The topological polar surface area (TPSA) is 83.5 Å². The number of halogens is 1. The van der Waals surface area contributed by atoms with Gasteiger partial charge in [0.15, 0.2) is 0 Å². The second kappa shape index (κ2) is 8.87. The van der Waals surface area contributed by atoms with Crippen molar-refractivity contribution >= 4 is 23.3 Å². The molecule has 1 aromatic carbocycles. The van der Waals surface area contributed by atoms with Gasteiger partial charge in [-0.1, -0.05) is 30.5 Å². The fourth-order valence-corrected chi connectivity index (χ4v) is 3.18. The van der Waals surface area contributed by atoms with Crippen LogP contribution in [0.25, 0.3) is 0 Å². The second-order valence-electron chi connectivity index (χ2n) is 6.31. The van der Waals surface area contributed by atoms with Crippen molar-refractivity contribution in [3.63, 3.8) is 0 Å². The van der Waals surface area contributed by atoms with E-state index < -0.39 is 6.10 Å². The standard InChI is InChI=1S/C19H22ClN3O3/c20-15-11-13(22-19(25)23-16-6-1-2-7-17(16)24)8-9-18(15)26-12-14-5-3-4-10-21-14/h3-5,8-11,16-17,24H,1-2,6-7,12H2,(H2,22,23,25). The summed E-state index contributed by atoms with van der Waals surface area (Å²) >= 11 is 6.24. The number of aliphatic hydroxyl groups excluding tert-OH is 1. The Hall–Kier alpha value is -2.31. The minimum atomic E-state index is -0.486. The molecular formula is C19H22ClN3O3. The highest BCUT2D eigenvalue weighted by Crippen LogP contribution is 2.28. The molecule has 0 aliphatic heterocycles. The number of ether oxygens (including phenoxy) is 1. The van der Waals surface area contributed by atoms with Crippen LogP contribution >= 0.6 is 11.6 Å². The molecule has 26 heavy (non-hydrogen) atoms. The quantitative estimate of drug-likeness (QED) is 0.743. The van der Waals surface area contributed by atoms with Gasteiger partial charge in [-0.3, -0.25) is 4.98 Å². The van der Waals surface area contributed by atoms with E-state index in [2.05, 4.69) is 15.6 Å². The lowest BCUT2D eigenvalue weighted by atomic mass is 9.93. The molecule has 1 aromatic heterocycles. The van der Waals surface area contributed by atoms with Crippen LogP contribution in [0.5, 0.6) is 5.75 Å². The first-order chi connectivity index (χ1) is 12.6. The number of aromatic nitrogens is 1. The van der Waals surface area contributed by atoms with E-state index in [1.165, 1.54) is 0 Å². The van der Waals surface area contributed by atoms with Gasteiger partial charge in [-0.05, 0) is 43.2 Å². The Labute approximate surface area is 157 Å². The zero-order valence-corrected chi connectivity index (χ0v) is 15.1. The number of carbonyl (C=O) groups is 1. The number of rotatable bonds is 5. The normalized spacial score (nSPS) is 19.6. The van der Waals surface area contributed by atoms with Gasteiger partial charge < -0.3 is 20.5 Å². The minimum absolute atomic E-state index is 0.208. The first-order valence-corrected chi connectivity index (χ1v) is 9.07. The van der Waals surface area contributed by atoms with Crippen molar-refractivity contribution in [1.29, 1.82) is 0 Å². The Bertz CT molecular complexity index is 742. The molecule has 1 aliphatic carbocycles. The molecule has 1 aliphatic rings. The molecule has 1 heterocycles. The number of aliphatic hydroxyl groups is 1. The SMILES string of the molecule is O=C(Nc1ccc(OCc2ccccn2)c(Cl)c1)NC1CCCCC1O. The van der Waals surface area contributed by atoms with Crippen LogP contribution in [0.2, 0.25) is 5.02 Å². The number of carbonyl (C=O) groups excluding carboxylic acids is 1. The smallest absolute Gasteiger partial charge is 0.319 e. The van der Waals surface area contributed by atoms with Crippen molar-refractivity contribution in [2.75, 3.05) is 5.32 Å². The van der Waals surface area contributed by atoms with E-state index in [1.807, 2.05) is 18.2 Å². The Morgan fingerprint density at radius 2 is 2.12 bits per heavy atom. The summed E-state index contributed by atoms with van der Waals surface area (Å²) in [5, 5.41) is 15.9. The van der Waals surface area contributed by atoms with Gasteiger partial charge in [0.2, 0.25) is 0 Å². The van der Waals surface area contributed by atoms with Crippen molar-refractivity contribution in [2.45, 2.75) is 44.4 Å². The van der Waals surface area contributed by atoms with Crippen LogP contribution in [0, 0.1) is 0 Å². The Morgan fingerprint density at radius 1 is 1.27 bits per heavy atom. The molecule has 0 saturated heterocycles. The highest BCUT2D eigenvalue weighted by Gasteiger charge is 2.24. The molecule has 2 aromatic rings. The van der Waals surface area contributed by atoms with Crippen LogP contribution in [0.3, 0.4) is 0 Å². The van der Waals surface area contributed by atoms with Gasteiger partial charge in [0.05, 0.1) is 22.9 Å². The molecule has 0 radical (unpaired) electrons. The number of pyridine rings is 1. The van der Waals surface area contributed by atoms with Gasteiger partial charge in [0, 0.05) is 11.9 Å². The molecule has 3 N–H and O–H groups in total. The average Bonchev–Trinajstić information content (AvgIpc) is 2.64. The highest BCUT2D eigenvalue weighted by atomic mass is 35.5. The van der Waals surface area contributed by atoms with Gasteiger partial charge in [0.1, 0.15) is 12.4 Å². The Kier molecular flexibility index (Phi) is 6.30. The largest absolute Gasteiger partial charge is 0.486 e. The number of nitrogens with one attached hydrogen (secondary N) is 2. The summed E-state index contributed by atoms with van der Waals surface area (Å²) in [6, 6.07) is 10.1. The van der Waals surface area contributed by atoms with E-state index in [-0.39, 0.29) is 12.1 Å². The molecule has 1 saturated carbocycles. The molecule has 3 rings (SSSR count). The van der Waals surface area contributed by atoms with Gasteiger partial charge in [-0.15, -0.1) is 0 Å². The Morgan fingerprint density at radius 3 is 2.85 bits per heavy atom. The fourth-order valence-electron chi connectivity index (χ4n) is 2.95. The molecule has 1 fully saturated rings. The molecule has 0 spiro atoms. The third-order valence-corrected chi connectivity index (χ3v) is 4.63. The van der Waals surface area contributed by atoms with E-state index in [9.17, 15) is 9.90 Å². The fraction of sp³-hybridized carbons (Fsp3) is 0.368. The third-order valence-electron chi connectivity index (χ3n) is 4.34. The van der Waals surface area contributed by atoms with E-state index >= 15 is 0 Å². The molecule has 2 amide bonds. The number of anilines is 1. The maximum atomic E-state index is 12.1. The van der Waals surface area contributed by atoms with Crippen LogP contribution < -0.4 is 15.4 Å². The van der Waals surface area contributed by atoms with Crippen molar-refractivity contribution in [1.82, 2.24) is 10.3 Å². The average molecular weight is 376 g/mol. The summed E-state index contributed by atoms with van der Waals surface area (Å²) in [7, 11) is 0. The van der Waals surface area contributed by atoms with Crippen LogP contribution in [-0.4, -0.2) is 28.3 Å². The van der Waals surface area contributed by atoms with Crippen LogP contribution in [0.4, 0.5) is 10.5 Å². The first-order valence-electron chi connectivity index (χ1n) is 8.69. The summed E-state index contributed by atoms with van der Waals surface area (Å²) in [4.78, 5) is 16.3. The monoisotopic (exact) mass is 375 g/mol. The molecule has 2 unspecified atom stereocenters. The lowest BCUT2D eigenvalue weighted by Gasteiger charge is -2.28. The van der Waals surface area contributed by atoms with Crippen LogP contribution in [0.1, 0.15) is 31.4 Å². The van der Waals surface area contributed by atoms with E-state index in [1.54, 1.807) is 24.4 Å². The van der Waals surface area contributed by atoms with Crippen molar-refractivity contribution in [3.8, 4) is 5.75 Å². The van der Waals surface area contributed by atoms with Gasteiger partial charge in [-0.25, -0.2) is 4.79 Å². The molecule has 0 bridgehead atoms. The number of nitrogens with zero attached hydrogens (tertiary/aromatic N) is 1. The molecule has 138 valence electrons. The van der Waals surface area contributed by atoms with Crippen LogP contribution in [0.15, 0.2) is 42.6 Å². The lowest BCUT2D eigenvalue weighted by Crippen LogP contribution is -2.46. The Balaban J connectivity index is 1.54. The zero-order valence-electron chi connectivity index (χ0n) is 14.3. The number of hydrogen-bond acceptors (Lipinski definition) is 4. The summed E-state index contributed by atoms with van der Waals surface area (Å²) in [6.07, 6.45) is 4.73. The molecule has 6 nitrogen and oxygen atoms in total.